The monoisotopic (exact) mass is 384 g/mol. The van der Waals surface area contributed by atoms with Crippen molar-refractivity contribution in [3.63, 3.8) is 0 Å². The van der Waals surface area contributed by atoms with Crippen molar-refractivity contribution in [2.45, 2.75) is 26.9 Å². The van der Waals surface area contributed by atoms with Gasteiger partial charge < -0.3 is 20.1 Å². The van der Waals surface area contributed by atoms with Gasteiger partial charge >= 0.3 is 5.97 Å². The molecule has 2 rings (SSSR count). The molecular formula is C17H18Cl2N2O4. The molecule has 0 saturated carbocycles. The lowest BCUT2D eigenvalue weighted by molar-refractivity contribution is -0.119. The standard InChI is InChI=1S/C17H18Cl2N2O4/c1-8-14(10(3)22)9(2)20-15(8)17(24)25-7-13(23)21-16-11(18)5-4-6-12(16)19/h4-6,10,20,22H,7H2,1-3H3,(H,21,23)/t10-/m1/s1. The number of para-hydroxylation sites is 1. The molecule has 0 saturated heterocycles. The number of hydrogen-bond donors (Lipinski definition) is 3. The highest BCUT2D eigenvalue weighted by molar-refractivity contribution is 6.39. The SMILES string of the molecule is Cc1[nH]c(C(=O)OCC(=O)Nc2c(Cl)cccc2Cl)c(C)c1[C@@H](C)O. The van der Waals surface area contributed by atoms with Gasteiger partial charge in [0, 0.05) is 11.3 Å². The average molecular weight is 385 g/mol. The van der Waals surface area contributed by atoms with E-state index >= 15 is 0 Å². The predicted octanol–water partition coefficient (Wildman–Crippen LogP) is 3.79. The quantitative estimate of drug-likeness (QED) is 0.683. The van der Waals surface area contributed by atoms with Crippen LogP contribution in [0, 0.1) is 13.8 Å². The molecule has 1 atom stereocenters. The van der Waals surface area contributed by atoms with Crippen LogP contribution in [-0.2, 0) is 9.53 Å². The number of amides is 1. The van der Waals surface area contributed by atoms with Gasteiger partial charge in [-0.2, -0.15) is 0 Å². The van der Waals surface area contributed by atoms with E-state index in [1.54, 1.807) is 39.0 Å². The normalized spacial score (nSPS) is 11.9. The Hall–Kier alpha value is -2.02. The van der Waals surface area contributed by atoms with E-state index in [2.05, 4.69) is 10.3 Å². The molecule has 0 aliphatic heterocycles. The molecular weight excluding hydrogens is 367 g/mol. The second-order valence-electron chi connectivity index (χ2n) is 5.56. The van der Waals surface area contributed by atoms with Crippen LogP contribution in [-0.4, -0.2) is 28.6 Å². The van der Waals surface area contributed by atoms with E-state index in [1.807, 2.05) is 0 Å². The molecule has 3 N–H and O–H groups in total. The van der Waals surface area contributed by atoms with E-state index < -0.39 is 24.6 Å². The van der Waals surface area contributed by atoms with Crippen molar-refractivity contribution >= 4 is 40.8 Å². The van der Waals surface area contributed by atoms with Crippen LogP contribution in [0.2, 0.25) is 10.0 Å². The number of aliphatic hydroxyl groups excluding tert-OH is 1. The van der Waals surface area contributed by atoms with E-state index in [1.165, 1.54) is 0 Å². The van der Waals surface area contributed by atoms with Crippen molar-refractivity contribution in [2.75, 3.05) is 11.9 Å². The number of esters is 1. The fraction of sp³-hybridized carbons (Fsp3) is 0.294. The number of nitrogens with one attached hydrogen (secondary N) is 2. The summed E-state index contributed by atoms with van der Waals surface area (Å²) in [4.78, 5) is 27.0. The molecule has 0 bridgehead atoms. The molecule has 1 aromatic heterocycles. The van der Waals surface area contributed by atoms with Gasteiger partial charge in [-0.1, -0.05) is 29.3 Å². The fourth-order valence-corrected chi connectivity index (χ4v) is 3.08. The minimum absolute atomic E-state index is 0.206. The third-order valence-electron chi connectivity index (χ3n) is 3.68. The zero-order chi connectivity index (χ0) is 18.7. The molecule has 0 aliphatic carbocycles. The maximum absolute atomic E-state index is 12.2. The van der Waals surface area contributed by atoms with Crippen LogP contribution >= 0.6 is 23.2 Å². The molecule has 1 aromatic carbocycles. The first kappa shape index (κ1) is 19.3. The zero-order valence-corrected chi connectivity index (χ0v) is 15.5. The minimum atomic E-state index is -0.719. The molecule has 0 spiro atoms. The van der Waals surface area contributed by atoms with Crippen LogP contribution in [0.4, 0.5) is 5.69 Å². The van der Waals surface area contributed by atoms with Crippen LogP contribution in [0.3, 0.4) is 0 Å². The van der Waals surface area contributed by atoms with Crippen LogP contribution in [0.15, 0.2) is 18.2 Å². The van der Waals surface area contributed by atoms with E-state index in [0.717, 1.165) is 0 Å². The summed E-state index contributed by atoms with van der Waals surface area (Å²) < 4.78 is 5.02. The number of aromatic amines is 1. The average Bonchev–Trinajstić information content (AvgIpc) is 2.83. The largest absolute Gasteiger partial charge is 0.451 e. The summed E-state index contributed by atoms with van der Waals surface area (Å²) in [6, 6.07) is 4.81. The summed E-state index contributed by atoms with van der Waals surface area (Å²) in [5.41, 5.74) is 2.37. The Labute approximate surface area is 155 Å². The molecule has 25 heavy (non-hydrogen) atoms. The van der Waals surface area contributed by atoms with E-state index in [4.69, 9.17) is 27.9 Å². The Morgan fingerprint density at radius 1 is 1.28 bits per heavy atom. The van der Waals surface area contributed by atoms with Gasteiger partial charge in [-0.25, -0.2) is 4.79 Å². The highest BCUT2D eigenvalue weighted by atomic mass is 35.5. The number of rotatable bonds is 5. The lowest BCUT2D eigenvalue weighted by Crippen LogP contribution is -2.21. The maximum atomic E-state index is 12.2. The molecule has 8 heteroatoms. The molecule has 0 radical (unpaired) electrons. The molecule has 134 valence electrons. The summed E-state index contributed by atoms with van der Waals surface area (Å²) in [6.07, 6.45) is -0.719. The van der Waals surface area contributed by atoms with Crippen LogP contribution < -0.4 is 5.32 Å². The van der Waals surface area contributed by atoms with Gasteiger partial charge in [-0.15, -0.1) is 0 Å². The Morgan fingerprint density at radius 3 is 2.40 bits per heavy atom. The number of benzene rings is 1. The molecule has 6 nitrogen and oxygen atoms in total. The number of aliphatic hydroxyl groups is 1. The summed E-state index contributed by atoms with van der Waals surface area (Å²) in [7, 11) is 0. The van der Waals surface area contributed by atoms with Crippen molar-refractivity contribution < 1.29 is 19.4 Å². The number of hydrogen-bond acceptors (Lipinski definition) is 4. The Morgan fingerprint density at radius 2 is 1.88 bits per heavy atom. The third kappa shape index (κ3) is 4.34. The summed E-state index contributed by atoms with van der Waals surface area (Å²) in [5.74, 6) is -1.26. The van der Waals surface area contributed by atoms with Crippen LogP contribution in [0.5, 0.6) is 0 Å². The van der Waals surface area contributed by atoms with Crippen molar-refractivity contribution in [3.05, 3.63) is 50.8 Å². The number of H-pyrrole nitrogens is 1. The summed E-state index contributed by atoms with van der Waals surface area (Å²) >= 11 is 11.9. The molecule has 0 unspecified atom stereocenters. The van der Waals surface area contributed by atoms with Gasteiger partial charge in [0.1, 0.15) is 5.69 Å². The Balaban J connectivity index is 2.03. The number of carbonyl (C=O) groups excluding carboxylic acids is 2. The van der Waals surface area contributed by atoms with Crippen LogP contribution in [0.1, 0.15) is 40.3 Å². The third-order valence-corrected chi connectivity index (χ3v) is 4.31. The molecule has 0 aliphatic rings. The zero-order valence-electron chi connectivity index (χ0n) is 13.9. The topological polar surface area (TPSA) is 91.4 Å². The van der Waals surface area contributed by atoms with Gasteiger partial charge in [0.2, 0.25) is 0 Å². The first-order valence-electron chi connectivity index (χ1n) is 7.50. The van der Waals surface area contributed by atoms with Gasteiger partial charge in [0.15, 0.2) is 6.61 Å². The fourth-order valence-electron chi connectivity index (χ4n) is 2.59. The van der Waals surface area contributed by atoms with Crippen molar-refractivity contribution in [3.8, 4) is 0 Å². The number of carbonyl (C=O) groups is 2. The van der Waals surface area contributed by atoms with Gasteiger partial charge in [0.05, 0.1) is 21.8 Å². The summed E-state index contributed by atoms with van der Waals surface area (Å²) in [6.45, 7) is 4.56. The summed E-state index contributed by atoms with van der Waals surface area (Å²) in [5, 5.41) is 12.8. The second-order valence-corrected chi connectivity index (χ2v) is 6.38. The molecule has 1 heterocycles. The van der Waals surface area contributed by atoms with Crippen LogP contribution in [0.25, 0.3) is 0 Å². The number of halogens is 2. The molecule has 1 amide bonds. The number of aryl methyl sites for hydroxylation is 1. The molecule has 0 fully saturated rings. The van der Waals surface area contributed by atoms with E-state index in [0.29, 0.717) is 16.8 Å². The van der Waals surface area contributed by atoms with E-state index in [9.17, 15) is 14.7 Å². The second kappa shape index (κ2) is 7.91. The van der Waals surface area contributed by atoms with Crippen molar-refractivity contribution in [1.29, 1.82) is 0 Å². The molecule has 2 aromatic rings. The van der Waals surface area contributed by atoms with Crippen molar-refractivity contribution in [2.24, 2.45) is 0 Å². The van der Waals surface area contributed by atoms with E-state index in [-0.39, 0.29) is 21.4 Å². The highest BCUT2D eigenvalue weighted by Crippen LogP contribution is 2.29. The maximum Gasteiger partial charge on any atom is 0.355 e. The lowest BCUT2D eigenvalue weighted by atomic mass is 10.1. The minimum Gasteiger partial charge on any atom is -0.451 e. The van der Waals surface area contributed by atoms with Gasteiger partial charge in [-0.3, -0.25) is 4.79 Å². The Bertz CT molecular complexity index is 795. The van der Waals surface area contributed by atoms with Crippen molar-refractivity contribution in [1.82, 2.24) is 4.98 Å². The van der Waals surface area contributed by atoms with Gasteiger partial charge in [0.25, 0.3) is 5.91 Å². The smallest absolute Gasteiger partial charge is 0.355 e. The highest BCUT2D eigenvalue weighted by Gasteiger charge is 2.21. The number of aromatic nitrogens is 1. The van der Waals surface area contributed by atoms with Gasteiger partial charge in [-0.05, 0) is 38.5 Å². The lowest BCUT2D eigenvalue weighted by Gasteiger charge is -2.09. The predicted molar refractivity (Wildman–Crippen MR) is 96.3 cm³/mol. The number of anilines is 1. The first-order valence-corrected chi connectivity index (χ1v) is 8.26. The number of ether oxygens (including phenoxy) is 1. The first-order chi connectivity index (χ1) is 11.7. The Kier molecular flexibility index (Phi) is 6.11.